The van der Waals surface area contributed by atoms with Crippen molar-refractivity contribution in [3.63, 3.8) is 0 Å². The Bertz CT molecular complexity index is 961. The first-order valence-corrected chi connectivity index (χ1v) is 7.99. The van der Waals surface area contributed by atoms with E-state index in [1.807, 2.05) is 30.3 Å². The fourth-order valence-corrected chi connectivity index (χ4v) is 2.83. The maximum atomic E-state index is 12.5. The SMILES string of the molecule is CNC(=O)[C@@H](Cc1ccccc1)n1cc(C(=O)OC)c2n[nH]c(=O)c-2c1. The number of rotatable bonds is 5. The molecule has 2 aliphatic heterocycles. The van der Waals surface area contributed by atoms with E-state index >= 15 is 0 Å². The Labute approximate surface area is 149 Å². The van der Waals surface area contributed by atoms with E-state index in [1.54, 1.807) is 4.57 Å². The fraction of sp³-hybridized carbons (Fsp3) is 0.222. The van der Waals surface area contributed by atoms with Crippen LogP contribution in [-0.2, 0) is 16.0 Å². The van der Waals surface area contributed by atoms with Crippen molar-refractivity contribution in [1.82, 2.24) is 20.1 Å². The minimum absolute atomic E-state index is 0.116. The monoisotopic (exact) mass is 354 g/mol. The summed E-state index contributed by atoms with van der Waals surface area (Å²) in [6, 6.07) is 8.83. The molecule has 0 spiro atoms. The number of amides is 1. The molecule has 0 bridgehead atoms. The van der Waals surface area contributed by atoms with E-state index in [4.69, 9.17) is 4.74 Å². The van der Waals surface area contributed by atoms with Crippen LogP contribution in [0.25, 0.3) is 11.3 Å². The first-order valence-electron chi connectivity index (χ1n) is 7.99. The van der Waals surface area contributed by atoms with Crippen molar-refractivity contribution in [3.8, 4) is 11.3 Å². The number of hydrogen-bond donors (Lipinski definition) is 2. The lowest BCUT2D eigenvalue weighted by Crippen LogP contribution is -2.32. The number of likely N-dealkylation sites (N-methyl/N-ethyl adjacent to an activating group) is 1. The van der Waals surface area contributed by atoms with Gasteiger partial charge in [-0.1, -0.05) is 30.3 Å². The number of aromatic amines is 1. The molecule has 0 radical (unpaired) electrons. The molecule has 2 heterocycles. The molecule has 0 unspecified atom stereocenters. The van der Waals surface area contributed by atoms with Gasteiger partial charge in [0.1, 0.15) is 17.3 Å². The van der Waals surface area contributed by atoms with Crippen LogP contribution in [0.5, 0.6) is 0 Å². The molecule has 0 saturated heterocycles. The highest BCUT2D eigenvalue weighted by molar-refractivity contribution is 5.96. The largest absolute Gasteiger partial charge is 0.465 e. The Hall–Kier alpha value is -3.42. The Kier molecular flexibility index (Phi) is 4.83. The number of esters is 1. The summed E-state index contributed by atoms with van der Waals surface area (Å²) >= 11 is 0. The number of nitrogens with zero attached hydrogens (tertiary/aromatic N) is 2. The van der Waals surface area contributed by atoms with Crippen LogP contribution in [-0.4, -0.2) is 40.8 Å². The maximum absolute atomic E-state index is 12.5. The molecule has 0 aliphatic carbocycles. The van der Waals surface area contributed by atoms with Crippen LogP contribution in [0.2, 0.25) is 0 Å². The van der Waals surface area contributed by atoms with Gasteiger partial charge in [-0.05, 0) is 5.56 Å². The number of carbonyl (C=O) groups excluding carboxylic acids is 2. The number of ether oxygens (including phenoxy) is 1. The number of benzene rings is 1. The van der Waals surface area contributed by atoms with E-state index in [0.29, 0.717) is 6.42 Å². The van der Waals surface area contributed by atoms with E-state index < -0.39 is 17.6 Å². The van der Waals surface area contributed by atoms with E-state index in [9.17, 15) is 14.4 Å². The molecule has 0 fully saturated rings. The summed E-state index contributed by atoms with van der Waals surface area (Å²) in [5.74, 6) is -0.879. The minimum atomic E-state index is -0.649. The van der Waals surface area contributed by atoms with Gasteiger partial charge in [0.15, 0.2) is 0 Å². The summed E-state index contributed by atoms with van der Waals surface area (Å²) in [7, 11) is 2.79. The Morgan fingerprint density at radius 1 is 1.27 bits per heavy atom. The van der Waals surface area contributed by atoms with Crippen molar-refractivity contribution in [2.24, 2.45) is 0 Å². The fourth-order valence-electron chi connectivity index (χ4n) is 2.83. The lowest BCUT2D eigenvalue weighted by Gasteiger charge is -2.21. The van der Waals surface area contributed by atoms with Crippen molar-refractivity contribution >= 4 is 11.9 Å². The van der Waals surface area contributed by atoms with Crippen LogP contribution in [0.15, 0.2) is 47.5 Å². The molecule has 134 valence electrons. The number of aromatic nitrogens is 3. The van der Waals surface area contributed by atoms with Gasteiger partial charge in [0.05, 0.1) is 12.7 Å². The van der Waals surface area contributed by atoms with Gasteiger partial charge >= 0.3 is 5.97 Å². The molecule has 1 aromatic carbocycles. The van der Waals surface area contributed by atoms with Gasteiger partial charge < -0.3 is 14.6 Å². The Balaban J connectivity index is 2.14. The summed E-state index contributed by atoms with van der Waals surface area (Å²) in [5.41, 5.74) is 1.06. The van der Waals surface area contributed by atoms with Gasteiger partial charge in [-0.2, -0.15) is 5.10 Å². The van der Waals surface area contributed by atoms with Crippen LogP contribution < -0.4 is 10.9 Å². The quantitative estimate of drug-likeness (QED) is 0.665. The van der Waals surface area contributed by atoms with Crippen LogP contribution >= 0.6 is 0 Å². The highest BCUT2D eigenvalue weighted by atomic mass is 16.5. The molecule has 3 rings (SSSR count). The number of carbonyl (C=O) groups is 2. The zero-order valence-electron chi connectivity index (χ0n) is 14.4. The molecular weight excluding hydrogens is 336 g/mol. The van der Waals surface area contributed by atoms with Crippen molar-refractivity contribution in [2.75, 3.05) is 14.2 Å². The van der Waals surface area contributed by atoms with Gasteiger partial charge in [0.2, 0.25) is 5.91 Å². The van der Waals surface area contributed by atoms with E-state index in [1.165, 1.54) is 26.6 Å². The second-order valence-electron chi connectivity index (χ2n) is 5.75. The van der Waals surface area contributed by atoms with Crippen molar-refractivity contribution in [1.29, 1.82) is 0 Å². The van der Waals surface area contributed by atoms with Crippen molar-refractivity contribution in [2.45, 2.75) is 12.5 Å². The second-order valence-corrected chi connectivity index (χ2v) is 5.75. The third kappa shape index (κ3) is 3.21. The lowest BCUT2D eigenvalue weighted by atomic mass is 10.0. The van der Waals surface area contributed by atoms with Gasteiger partial charge in [-0.15, -0.1) is 0 Å². The molecule has 1 atom stereocenters. The molecule has 8 nitrogen and oxygen atoms in total. The summed E-state index contributed by atoms with van der Waals surface area (Å²) in [6.07, 6.45) is 3.40. The number of H-pyrrole nitrogens is 1. The van der Waals surface area contributed by atoms with Gasteiger partial charge in [0, 0.05) is 25.9 Å². The highest BCUT2D eigenvalue weighted by Crippen LogP contribution is 2.24. The summed E-state index contributed by atoms with van der Waals surface area (Å²) < 4.78 is 6.34. The topological polar surface area (TPSA) is 106 Å². The number of hydrogen-bond acceptors (Lipinski definition) is 5. The van der Waals surface area contributed by atoms with E-state index in [2.05, 4.69) is 15.5 Å². The third-order valence-corrected chi connectivity index (χ3v) is 4.17. The number of nitrogens with one attached hydrogen (secondary N) is 2. The van der Waals surface area contributed by atoms with Crippen molar-refractivity contribution in [3.05, 3.63) is 64.2 Å². The van der Waals surface area contributed by atoms with E-state index in [-0.39, 0.29) is 22.7 Å². The predicted molar refractivity (Wildman–Crippen MR) is 94.1 cm³/mol. The summed E-state index contributed by atoms with van der Waals surface area (Å²) in [5, 5.41) is 8.84. The average molecular weight is 354 g/mol. The van der Waals surface area contributed by atoms with Gasteiger partial charge in [0.25, 0.3) is 5.56 Å². The molecule has 8 heteroatoms. The molecule has 26 heavy (non-hydrogen) atoms. The number of fused-ring (bicyclic) bond motifs is 1. The maximum Gasteiger partial charge on any atom is 0.341 e. The summed E-state index contributed by atoms with van der Waals surface area (Å²) in [6.45, 7) is 0. The normalized spacial score (nSPS) is 11.9. The second kappa shape index (κ2) is 7.22. The first kappa shape index (κ1) is 17.4. The van der Waals surface area contributed by atoms with Crippen LogP contribution in [0.1, 0.15) is 22.0 Å². The van der Waals surface area contributed by atoms with Crippen LogP contribution in [0.3, 0.4) is 0 Å². The zero-order chi connectivity index (χ0) is 18.7. The van der Waals surface area contributed by atoms with Crippen LogP contribution in [0, 0.1) is 0 Å². The molecule has 0 saturated carbocycles. The standard InChI is InChI=1S/C18H18N4O4/c1-19-17(24)14(8-11-6-4-3-5-7-11)22-9-12-15(20-21-16(12)23)13(10-22)18(25)26-2/h3-7,9-10,14H,8H2,1-2H3,(H,19,24)(H,21,23)/t14-/m1/s1. The first-order chi connectivity index (χ1) is 12.5. The average Bonchev–Trinajstić information content (AvgIpc) is 3.06. The molecule has 1 amide bonds. The highest BCUT2D eigenvalue weighted by Gasteiger charge is 2.26. The van der Waals surface area contributed by atoms with E-state index in [0.717, 1.165) is 5.56 Å². The number of pyridine rings is 1. The number of methoxy groups -OCH3 is 1. The summed E-state index contributed by atoms with van der Waals surface area (Å²) in [4.78, 5) is 36.6. The molecule has 1 aromatic rings. The lowest BCUT2D eigenvalue weighted by molar-refractivity contribution is -0.123. The van der Waals surface area contributed by atoms with Gasteiger partial charge in [-0.3, -0.25) is 9.59 Å². The Morgan fingerprint density at radius 2 is 2.00 bits per heavy atom. The Morgan fingerprint density at radius 3 is 2.65 bits per heavy atom. The minimum Gasteiger partial charge on any atom is -0.465 e. The zero-order valence-corrected chi connectivity index (χ0v) is 14.4. The predicted octanol–water partition coefficient (Wildman–Crippen LogP) is 0.993. The third-order valence-electron chi connectivity index (χ3n) is 4.17. The van der Waals surface area contributed by atoms with Crippen molar-refractivity contribution < 1.29 is 14.3 Å². The molecule has 0 aromatic heterocycles. The molecule has 2 aliphatic rings. The smallest absolute Gasteiger partial charge is 0.341 e. The molecular formula is C18H18N4O4. The van der Waals surface area contributed by atoms with Gasteiger partial charge in [-0.25, -0.2) is 9.89 Å². The van der Waals surface area contributed by atoms with Crippen LogP contribution in [0.4, 0.5) is 0 Å². The molecule has 2 N–H and O–H groups in total.